The molecule has 0 saturated heterocycles. The third-order valence-corrected chi connectivity index (χ3v) is 6.21. The van der Waals surface area contributed by atoms with Gasteiger partial charge in [-0.05, 0) is 36.1 Å². The van der Waals surface area contributed by atoms with E-state index >= 15 is 0 Å². The summed E-state index contributed by atoms with van der Waals surface area (Å²) in [6, 6.07) is 8.60. The van der Waals surface area contributed by atoms with Crippen molar-refractivity contribution in [3.05, 3.63) is 51.2 Å². The summed E-state index contributed by atoms with van der Waals surface area (Å²) in [6.45, 7) is 3.15. The van der Waals surface area contributed by atoms with Gasteiger partial charge in [0.05, 0.1) is 15.7 Å². The van der Waals surface area contributed by atoms with E-state index in [9.17, 15) is 8.42 Å². The second-order valence-corrected chi connectivity index (χ2v) is 7.94. The molecular weight excluding hydrogens is 314 g/mol. The number of halogens is 1. The number of rotatable bonds is 6. The molecule has 6 heteroatoms. The van der Waals surface area contributed by atoms with Crippen molar-refractivity contribution >= 4 is 32.8 Å². The van der Waals surface area contributed by atoms with Crippen LogP contribution in [-0.2, 0) is 16.4 Å². The van der Waals surface area contributed by atoms with Crippen molar-refractivity contribution in [1.29, 1.82) is 0 Å². The Hall–Kier alpha value is -0.880. The van der Waals surface area contributed by atoms with Crippen LogP contribution in [-0.4, -0.2) is 20.7 Å². The standard InChI is InChI=1S/C14H16ClNO2S2/c1-11-6-8-19-13(11)10-16-7-9-20(17,18)14-5-3-2-4-12(14)15/h2-6,8,16H,7,9-10H2,1H3. The lowest BCUT2D eigenvalue weighted by atomic mass is 10.3. The molecule has 0 aliphatic rings. The van der Waals surface area contributed by atoms with Gasteiger partial charge in [0, 0.05) is 18.0 Å². The van der Waals surface area contributed by atoms with E-state index in [1.165, 1.54) is 10.4 Å². The maximum absolute atomic E-state index is 12.2. The lowest BCUT2D eigenvalue weighted by Crippen LogP contribution is -2.22. The fraction of sp³-hybridized carbons (Fsp3) is 0.286. The molecule has 2 aromatic rings. The molecule has 0 amide bonds. The topological polar surface area (TPSA) is 46.2 Å². The zero-order valence-corrected chi connectivity index (χ0v) is 13.5. The Morgan fingerprint density at radius 3 is 2.65 bits per heavy atom. The first-order chi connectivity index (χ1) is 9.50. The van der Waals surface area contributed by atoms with Gasteiger partial charge in [0.1, 0.15) is 0 Å². The highest BCUT2D eigenvalue weighted by atomic mass is 35.5. The average molecular weight is 330 g/mol. The van der Waals surface area contributed by atoms with Gasteiger partial charge in [-0.15, -0.1) is 11.3 Å². The van der Waals surface area contributed by atoms with Crippen molar-refractivity contribution in [1.82, 2.24) is 5.32 Å². The summed E-state index contributed by atoms with van der Waals surface area (Å²) >= 11 is 7.60. The summed E-state index contributed by atoms with van der Waals surface area (Å²) in [4.78, 5) is 1.44. The monoisotopic (exact) mass is 329 g/mol. The Balaban J connectivity index is 1.91. The maximum Gasteiger partial charge on any atom is 0.181 e. The minimum atomic E-state index is -3.33. The second-order valence-electron chi connectivity index (χ2n) is 4.45. The largest absolute Gasteiger partial charge is 0.311 e. The van der Waals surface area contributed by atoms with Crippen LogP contribution in [0.5, 0.6) is 0 Å². The van der Waals surface area contributed by atoms with Gasteiger partial charge in [-0.1, -0.05) is 23.7 Å². The number of aryl methyl sites for hydroxylation is 1. The quantitative estimate of drug-likeness (QED) is 0.827. The highest BCUT2D eigenvalue weighted by Crippen LogP contribution is 2.21. The maximum atomic E-state index is 12.2. The first kappa shape index (κ1) is 15.5. The van der Waals surface area contributed by atoms with E-state index in [4.69, 9.17) is 11.6 Å². The average Bonchev–Trinajstić information content (AvgIpc) is 2.81. The molecule has 0 aliphatic carbocycles. The van der Waals surface area contributed by atoms with Crippen molar-refractivity contribution in [2.24, 2.45) is 0 Å². The van der Waals surface area contributed by atoms with Crippen LogP contribution in [0, 0.1) is 6.92 Å². The number of hydrogen-bond acceptors (Lipinski definition) is 4. The number of hydrogen-bond donors (Lipinski definition) is 1. The van der Waals surface area contributed by atoms with Gasteiger partial charge >= 0.3 is 0 Å². The van der Waals surface area contributed by atoms with Crippen LogP contribution in [0.25, 0.3) is 0 Å². The minimum Gasteiger partial charge on any atom is -0.311 e. The molecule has 1 aromatic heterocycles. The van der Waals surface area contributed by atoms with Crippen LogP contribution in [0.1, 0.15) is 10.4 Å². The summed E-state index contributed by atoms with van der Waals surface area (Å²) in [7, 11) is -3.33. The second kappa shape index (κ2) is 6.72. The molecule has 0 spiro atoms. The molecule has 0 radical (unpaired) electrons. The Bertz CT molecular complexity index is 680. The molecule has 0 aliphatic heterocycles. The van der Waals surface area contributed by atoms with Gasteiger partial charge in [0.15, 0.2) is 9.84 Å². The molecule has 0 unspecified atom stereocenters. The zero-order chi connectivity index (χ0) is 14.6. The van der Waals surface area contributed by atoms with E-state index < -0.39 is 9.84 Å². The molecule has 3 nitrogen and oxygen atoms in total. The summed E-state index contributed by atoms with van der Waals surface area (Å²) in [5.41, 5.74) is 1.23. The van der Waals surface area contributed by atoms with E-state index in [1.807, 2.05) is 12.3 Å². The molecule has 0 fully saturated rings. The summed E-state index contributed by atoms with van der Waals surface area (Å²) in [5, 5.41) is 5.48. The number of benzene rings is 1. The number of nitrogens with one attached hydrogen (secondary N) is 1. The summed E-state index contributed by atoms with van der Waals surface area (Å²) < 4.78 is 24.3. The van der Waals surface area contributed by atoms with Crippen molar-refractivity contribution in [2.75, 3.05) is 12.3 Å². The predicted octanol–water partition coefficient (Wildman–Crippen LogP) is 3.27. The van der Waals surface area contributed by atoms with E-state index in [0.29, 0.717) is 13.1 Å². The third kappa shape index (κ3) is 3.82. The normalized spacial score (nSPS) is 11.7. The molecule has 108 valence electrons. The van der Waals surface area contributed by atoms with Crippen molar-refractivity contribution in [3.8, 4) is 0 Å². The fourth-order valence-electron chi connectivity index (χ4n) is 1.80. The minimum absolute atomic E-state index is 0.0428. The predicted molar refractivity (Wildman–Crippen MR) is 84.3 cm³/mol. The van der Waals surface area contributed by atoms with Gasteiger partial charge in [0.2, 0.25) is 0 Å². The summed E-state index contributed by atoms with van der Waals surface area (Å²) in [5.74, 6) is 0.0428. The highest BCUT2D eigenvalue weighted by Gasteiger charge is 2.16. The molecule has 1 heterocycles. The SMILES string of the molecule is Cc1ccsc1CNCCS(=O)(=O)c1ccccc1Cl. The van der Waals surface area contributed by atoms with Crippen LogP contribution in [0.15, 0.2) is 40.6 Å². The van der Waals surface area contributed by atoms with E-state index in [-0.39, 0.29) is 15.7 Å². The first-order valence-corrected chi connectivity index (χ1v) is 9.12. The summed E-state index contributed by atoms with van der Waals surface area (Å²) in [6.07, 6.45) is 0. The first-order valence-electron chi connectivity index (χ1n) is 6.21. The zero-order valence-electron chi connectivity index (χ0n) is 11.1. The number of sulfone groups is 1. The van der Waals surface area contributed by atoms with E-state index in [1.54, 1.807) is 35.6 Å². The van der Waals surface area contributed by atoms with E-state index in [0.717, 1.165) is 0 Å². The Morgan fingerprint density at radius 2 is 2.00 bits per heavy atom. The molecule has 0 bridgehead atoms. The molecule has 1 aromatic carbocycles. The van der Waals surface area contributed by atoms with Crippen molar-refractivity contribution < 1.29 is 8.42 Å². The van der Waals surface area contributed by atoms with Crippen molar-refractivity contribution in [2.45, 2.75) is 18.4 Å². The van der Waals surface area contributed by atoms with Gasteiger partial charge < -0.3 is 5.32 Å². The van der Waals surface area contributed by atoms with Crippen LogP contribution in [0.4, 0.5) is 0 Å². The van der Waals surface area contributed by atoms with E-state index in [2.05, 4.69) is 11.4 Å². The van der Waals surface area contributed by atoms with Crippen molar-refractivity contribution in [3.63, 3.8) is 0 Å². The molecule has 20 heavy (non-hydrogen) atoms. The van der Waals surface area contributed by atoms with Crippen LogP contribution >= 0.6 is 22.9 Å². The van der Waals surface area contributed by atoms with Gasteiger partial charge in [0.25, 0.3) is 0 Å². The molecule has 1 N–H and O–H groups in total. The van der Waals surface area contributed by atoms with Crippen LogP contribution < -0.4 is 5.32 Å². The van der Waals surface area contributed by atoms with Crippen LogP contribution in [0.2, 0.25) is 5.02 Å². The molecule has 0 saturated carbocycles. The van der Waals surface area contributed by atoms with Gasteiger partial charge in [-0.3, -0.25) is 0 Å². The van der Waals surface area contributed by atoms with Gasteiger partial charge in [-0.25, -0.2) is 8.42 Å². The number of thiophene rings is 1. The lowest BCUT2D eigenvalue weighted by molar-refractivity contribution is 0.591. The lowest BCUT2D eigenvalue weighted by Gasteiger charge is -2.07. The Kier molecular flexibility index (Phi) is 5.21. The third-order valence-electron chi connectivity index (χ3n) is 2.97. The van der Waals surface area contributed by atoms with Crippen LogP contribution in [0.3, 0.4) is 0 Å². The highest BCUT2D eigenvalue weighted by molar-refractivity contribution is 7.91. The van der Waals surface area contributed by atoms with Gasteiger partial charge in [-0.2, -0.15) is 0 Å². The Labute approximate surface area is 128 Å². The smallest absolute Gasteiger partial charge is 0.181 e. The molecular formula is C14H16ClNO2S2. The Morgan fingerprint density at radius 1 is 1.25 bits per heavy atom. The molecule has 2 rings (SSSR count). The molecule has 0 atom stereocenters. The fourth-order valence-corrected chi connectivity index (χ4v) is 4.45.